The van der Waals surface area contributed by atoms with Gasteiger partial charge in [-0.15, -0.1) is 0 Å². The largest absolute Gasteiger partial charge is 0.328 e. The molecule has 0 spiro atoms. The first-order valence-corrected chi connectivity index (χ1v) is 7.05. The van der Waals surface area contributed by atoms with Crippen LogP contribution in [0.1, 0.15) is 32.0 Å². The molecule has 19 heavy (non-hydrogen) atoms. The van der Waals surface area contributed by atoms with E-state index in [1.54, 1.807) is 0 Å². The summed E-state index contributed by atoms with van der Waals surface area (Å²) >= 11 is 0. The van der Waals surface area contributed by atoms with Gasteiger partial charge in [0.1, 0.15) is 12.2 Å². The molecule has 0 saturated carbocycles. The Bertz CT molecular complexity index is 409. The summed E-state index contributed by atoms with van der Waals surface area (Å²) in [5.41, 5.74) is 5.86. The fourth-order valence-corrected chi connectivity index (χ4v) is 2.42. The van der Waals surface area contributed by atoms with Gasteiger partial charge in [-0.3, -0.25) is 9.69 Å². The number of rotatable bonds is 6. The summed E-state index contributed by atoms with van der Waals surface area (Å²) in [6, 6.07) is 0.305. The van der Waals surface area contributed by atoms with E-state index in [1.807, 2.05) is 4.68 Å². The average Bonchev–Trinajstić information content (AvgIpc) is 2.80. The molecule has 0 atom stereocenters. The number of piperidine rings is 1. The quantitative estimate of drug-likeness (QED) is 0.796. The van der Waals surface area contributed by atoms with E-state index in [9.17, 15) is 4.79 Å². The molecular formula is C13H23N5O. The molecule has 0 radical (unpaired) electrons. The molecule has 1 aliphatic rings. The van der Waals surface area contributed by atoms with Crippen LogP contribution in [0.4, 0.5) is 0 Å². The van der Waals surface area contributed by atoms with Crippen molar-refractivity contribution in [2.24, 2.45) is 5.73 Å². The van der Waals surface area contributed by atoms with Crippen LogP contribution in [0.5, 0.6) is 0 Å². The first-order valence-electron chi connectivity index (χ1n) is 7.05. The minimum Gasteiger partial charge on any atom is -0.328 e. The fraction of sp³-hybridized carbons (Fsp3) is 0.769. The third-order valence-electron chi connectivity index (χ3n) is 3.52. The van der Waals surface area contributed by atoms with Crippen LogP contribution in [-0.2, 0) is 17.8 Å². The molecule has 1 aromatic rings. The normalized spacial score (nSPS) is 17.8. The van der Waals surface area contributed by atoms with Crippen molar-refractivity contribution < 1.29 is 4.79 Å². The number of nitrogens with two attached hydrogens (primary N) is 1. The van der Waals surface area contributed by atoms with E-state index < -0.39 is 0 Å². The van der Waals surface area contributed by atoms with Crippen molar-refractivity contribution in [2.75, 3.05) is 19.6 Å². The van der Waals surface area contributed by atoms with Crippen molar-refractivity contribution in [1.29, 1.82) is 0 Å². The van der Waals surface area contributed by atoms with E-state index in [1.165, 1.54) is 6.33 Å². The maximum absolute atomic E-state index is 12.1. The minimum absolute atomic E-state index is 0.209. The third kappa shape index (κ3) is 4.11. The highest BCUT2D eigenvalue weighted by atomic mass is 16.1. The second-order valence-electron chi connectivity index (χ2n) is 5.23. The lowest BCUT2D eigenvalue weighted by Crippen LogP contribution is -2.42. The van der Waals surface area contributed by atoms with Gasteiger partial charge in [0, 0.05) is 25.7 Å². The van der Waals surface area contributed by atoms with Gasteiger partial charge in [-0.1, -0.05) is 6.92 Å². The summed E-state index contributed by atoms with van der Waals surface area (Å²) in [4.78, 5) is 18.4. The molecule has 6 heteroatoms. The first-order chi connectivity index (χ1) is 9.19. The Morgan fingerprint density at radius 1 is 1.47 bits per heavy atom. The van der Waals surface area contributed by atoms with E-state index >= 15 is 0 Å². The number of hydrogen-bond donors (Lipinski definition) is 1. The Balaban J connectivity index is 1.82. The summed E-state index contributed by atoms with van der Waals surface area (Å²) in [5.74, 6) is 0.987. The molecule has 2 heterocycles. The van der Waals surface area contributed by atoms with E-state index in [-0.39, 0.29) is 5.78 Å². The highest BCUT2D eigenvalue weighted by Gasteiger charge is 2.19. The number of carbonyl (C=O) groups excluding carboxylic acids is 1. The molecule has 6 nitrogen and oxygen atoms in total. The molecule has 1 aliphatic heterocycles. The molecule has 2 rings (SSSR count). The van der Waals surface area contributed by atoms with Gasteiger partial charge in [-0.05, 0) is 19.3 Å². The molecule has 0 amide bonds. The van der Waals surface area contributed by atoms with E-state index in [0.29, 0.717) is 19.0 Å². The summed E-state index contributed by atoms with van der Waals surface area (Å²) < 4.78 is 1.82. The average molecular weight is 265 g/mol. The monoisotopic (exact) mass is 265 g/mol. The lowest BCUT2D eigenvalue weighted by atomic mass is 10.1. The summed E-state index contributed by atoms with van der Waals surface area (Å²) in [5, 5.41) is 4.14. The van der Waals surface area contributed by atoms with Crippen molar-refractivity contribution in [1.82, 2.24) is 19.7 Å². The van der Waals surface area contributed by atoms with Crippen LogP contribution in [0.25, 0.3) is 0 Å². The summed E-state index contributed by atoms with van der Waals surface area (Å²) in [6.45, 7) is 5.26. The number of hydrogen-bond acceptors (Lipinski definition) is 5. The molecule has 1 fully saturated rings. The van der Waals surface area contributed by atoms with Crippen molar-refractivity contribution in [2.45, 2.75) is 45.2 Å². The second kappa shape index (κ2) is 6.77. The van der Waals surface area contributed by atoms with Crippen molar-refractivity contribution in [3.05, 3.63) is 12.2 Å². The van der Waals surface area contributed by atoms with Crippen LogP contribution < -0.4 is 5.73 Å². The second-order valence-corrected chi connectivity index (χ2v) is 5.23. The van der Waals surface area contributed by atoms with Crippen LogP contribution in [0.15, 0.2) is 6.33 Å². The first kappa shape index (κ1) is 14.1. The number of carbonyl (C=O) groups is 1. The van der Waals surface area contributed by atoms with Crippen LogP contribution in [0, 0.1) is 0 Å². The van der Waals surface area contributed by atoms with Crippen LogP contribution in [0.3, 0.4) is 0 Å². The van der Waals surface area contributed by atoms with E-state index in [2.05, 4.69) is 21.9 Å². The number of aryl methyl sites for hydroxylation is 1. The Hall–Kier alpha value is -1.27. The molecule has 0 aliphatic carbocycles. The van der Waals surface area contributed by atoms with Crippen LogP contribution in [0.2, 0.25) is 0 Å². The fourth-order valence-electron chi connectivity index (χ4n) is 2.42. The Morgan fingerprint density at radius 2 is 2.21 bits per heavy atom. The third-order valence-corrected chi connectivity index (χ3v) is 3.52. The molecule has 0 unspecified atom stereocenters. The van der Waals surface area contributed by atoms with Gasteiger partial charge in [0.25, 0.3) is 0 Å². The zero-order chi connectivity index (χ0) is 13.7. The van der Waals surface area contributed by atoms with Crippen LogP contribution in [-0.4, -0.2) is 51.1 Å². The lowest BCUT2D eigenvalue weighted by molar-refractivity contribution is -0.120. The van der Waals surface area contributed by atoms with Gasteiger partial charge in [0.05, 0.1) is 13.0 Å². The molecule has 2 N–H and O–H groups in total. The number of likely N-dealkylation sites (tertiary alicyclic amines) is 1. The Morgan fingerprint density at radius 3 is 2.89 bits per heavy atom. The molecule has 106 valence electrons. The SMILES string of the molecule is CCCn1ncnc1CC(=O)CN1CCC(N)CC1. The number of aromatic nitrogens is 3. The summed E-state index contributed by atoms with van der Waals surface area (Å²) in [7, 11) is 0. The maximum Gasteiger partial charge on any atom is 0.154 e. The van der Waals surface area contributed by atoms with E-state index in [4.69, 9.17) is 5.73 Å². The maximum atomic E-state index is 12.1. The van der Waals surface area contributed by atoms with Crippen molar-refractivity contribution in [3.8, 4) is 0 Å². The Labute approximate surface area is 114 Å². The van der Waals surface area contributed by atoms with Crippen LogP contribution >= 0.6 is 0 Å². The number of nitrogens with zero attached hydrogens (tertiary/aromatic N) is 4. The molecule has 0 aromatic carbocycles. The zero-order valence-corrected chi connectivity index (χ0v) is 11.6. The highest BCUT2D eigenvalue weighted by molar-refractivity contribution is 5.82. The summed E-state index contributed by atoms with van der Waals surface area (Å²) in [6.07, 6.45) is 4.87. The zero-order valence-electron chi connectivity index (χ0n) is 11.6. The van der Waals surface area contributed by atoms with E-state index in [0.717, 1.165) is 44.7 Å². The molecule has 0 bridgehead atoms. The number of Topliss-reactive ketones (excluding diaryl/α,β-unsaturated/α-hetero) is 1. The number of ketones is 1. The molecule has 1 saturated heterocycles. The van der Waals surface area contributed by atoms with Gasteiger partial charge in [0.2, 0.25) is 0 Å². The smallest absolute Gasteiger partial charge is 0.154 e. The predicted molar refractivity (Wildman–Crippen MR) is 72.7 cm³/mol. The topological polar surface area (TPSA) is 77.0 Å². The standard InChI is InChI=1S/C13H23N5O/c1-2-5-18-13(15-10-16-18)8-12(19)9-17-6-3-11(14)4-7-17/h10-11H,2-9,14H2,1H3. The van der Waals surface area contributed by atoms with Crippen molar-refractivity contribution >= 4 is 5.78 Å². The highest BCUT2D eigenvalue weighted by Crippen LogP contribution is 2.08. The van der Waals surface area contributed by atoms with Crippen molar-refractivity contribution in [3.63, 3.8) is 0 Å². The predicted octanol–water partition coefficient (Wildman–Crippen LogP) is 0.223. The van der Waals surface area contributed by atoms with Gasteiger partial charge in [-0.2, -0.15) is 5.10 Å². The molecular weight excluding hydrogens is 242 g/mol. The van der Waals surface area contributed by atoms with Gasteiger partial charge in [-0.25, -0.2) is 9.67 Å². The van der Waals surface area contributed by atoms with Gasteiger partial charge >= 0.3 is 0 Å². The van der Waals surface area contributed by atoms with Gasteiger partial charge in [0.15, 0.2) is 5.78 Å². The molecule has 1 aromatic heterocycles. The minimum atomic E-state index is 0.209. The Kier molecular flexibility index (Phi) is 5.04. The van der Waals surface area contributed by atoms with Gasteiger partial charge < -0.3 is 5.73 Å². The lowest BCUT2D eigenvalue weighted by Gasteiger charge is -2.29.